The summed E-state index contributed by atoms with van der Waals surface area (Å²) in [7, 11) is 1.59. The second kappa shape index (κ2) is 5.46. The summed E-state index contributed by atoms with van der Waals surface area (Å²) in [4.78, 5) is 0. The zero-order valence-corrected chi connectivity index (χ0v) is 12.2. The number of rotatable bonds is 3. The summed E-state index contributed by atoms with van der Waals surface area (Å²) in [5, 5.41) is 19.0. The zero-order valence-electron chi connectivity index (χ0n) is 12.2. The van der Waals surface area contributed by atoms with Crippen molar-refractivity contribution in [2.45, 2.75) is 18.8 Å². The molecular weight excluding hydrogens is 278 g/mol. The molecule has 1 aromatic rings. The molecule has 22 heavy (non-hydrogen) atoms. The molecule has 0 spiro atoms. The minimum absolute atomic E-state index is 0.101. The summed E-state index contributed by atoms with van der Waals surface area (Å²) in [5.74, 6) is 1.22. The van der Waals surface area contributed by atoms with Crippen LogP contribution in [0.4, 0.5) is 0 Å². The Hall–Kier alpha value is -2.92. The van der Waals surface area contributed by atoms with Crippen LogP contribution in [0.25, 0.3) is 0 Å². The van der Waals surface area contributed by atoms with Gasteiger partial charge < -0.3 is 15.2 Å². The smallest absolute Gasteiger partial charge is 0.205 e. The molecular formula is C17H15N3O2. The Kier molecular flexibility index (Phi) is 3.48. The van der Waals surface area contributed by atoms with E-state index in [0.717, 1.165) is 24.2 Å². The van der Waals surface area contributed by atoms with Crippen LogP contribution in [0.3, 0.4) is 0 Å². The third kappa shape index (κ3) is 2.27. The van der Waals surface area contributed by atoms with Gasteiger partial charge in [-0.3, -0.25) is 0 Å². The second-order valence-electron chi connectivity index (χ2n) is 5.36. The average Bonchev–Trinajstić information content (AvgIpc) is 3.38. The lowest BCUT2D eigenvalue weighted by Gasteiger charge is -2.26. The van der Waals surface area contributed by atoms with Crippen molar-refractivity contribution in [2.24, 2.45) is 11.7 Å². The molecule has 0 bridgehead atoms. The molecule has 0 amide bonds. The molecule has 1 aliphatic heterocycles. The normalized spacial score (nSPS) is 21.0. The summed E-state index contributed by atoms with van der Waals surface area (Å²) >= 11 is 0. The Morgan fingerprint density at radius 3 is 2.27 bits per heavy atom. The lowest BCUT2D eigenvalue weighted by Crippen LogP contribution is -2.21. The van der Waals surface area contributed by atoms with Crippen molar-refractivity contribution in [1.82, 2.24) is 0 Å². The van der Waals surface area contributed by atoms with E-state index in [1.807, 2.05) is 24.3 Å². The van der Waals surface area contributed by atoms with Gasteiger partial charge in [0, 0.05) is 5.92 Å². The molecule has 1 heterocycles. The molecule has 0 aromatic heterocycles. The van der Waals surface area contributed by atoms with E-state index in [0.29, 0.717) is 11.3 Å². The summed E-state index contributed by atoms with van der Waals surface area (Å²) in [6.45, 7) is 0. The lowest BCUT2D eigenvalue weighted by atomic mass is 9.83. The van der Waals surface area contributed by atoms with Gasteiger partial charge in [-0.05, 0) is 30.5 Å². The highest BCUT2D eigenvalue weighted by Gasteiger charge is 2.39. The van der Waals surface area contributed by atoms with E-state index in [4.69, 9.17) is 15.2 Å². The fourth-order valence-electron chi connectivity index (χ4n) is 2.68. The highest BCUT2D eigenvalue weighted by atomic mass is 16.5. The first-order valence-corrected chi connectivity index (χ1v) is 7.05. The fourth-order valence-corrected chi connectivity index (χ4v) is 2.68. The van der Waals surface area contributed by atoms with Gasteiger partial charge in [0.05, 0.1) is 24.7 Å². The number of hydrogen-bond acceptors (Lipinski definition) is 5. The topological polar surface area (TPSA) is 92.1 Å². The molecule has 3 rings (SSSR count). The van der Waals surface area contributed by atoms with Gasteiger partial charge in [-0.1, -0.05) is 12.1 Å². The second-order valence-corrected chi connectivity index (χ2v) is 5.36. The Morgan fingerprint density at radius 2 is 1.77 bits per heavy atom. The minimum Gasteiger partial charge on any atom is -0.497 e. The molecule has 1 aliphatic carbocycles. The number of benzene rings is 1. The number of methoxy groups -OCH3 is 1. The van der Waals surface area contributed by atoms with Crippen molar-refractivity contribution in [3.8, 4) is 17.9 Å². The van der Waals surface area contributed by atoms with Crippen LogP contribution < -0.4 is 10.5 Å². The highest BCUT2D eigenvalue weighted by Crippen LogP contribution is 2.47. The van der Waals surface area contributed by atoms with E-state index >= 15 is 0 Å². The molecule has 2 N–H and O–H groups in total. The van der Waals surface area contributed by atoms with Gasteiger partial charge in [0.15, 0.2) is 0 Å². The van der Waals surface area contributed by atoms with Crippen molar-refractivity contribution in [3.63, 3.8) is 0 Å². The van der Waals surface area contributed by atoms with Crippen LogP contribution in [-0.4, -0.2) is 7.11 Å². The third-order valence-electron chi connectivity index (χ3n) is 3.97. The first-order valence-electron chi connectivity index (χ1n) is 7.05. The summed E-state index contributed by atoms with van der Waals surface area (Å²) in [6.07, 6.45) is 1.98. The quantitative estimate of drug-likeness (QED) is 0.925. The van der Waals surface area contributed by atoms with Gasteiger partial charge in [-0.2, -0.15) is 10.5 Å². The van der Waals surface area contributed by atoms with Gasteiger partial charge >= 0.3 is 0 Å². The van der Waals surface area contributed by atoms with Crippen LogP contribution >= 0.6 is 0 Å². The number of nitrogens with two attached hydrogens (primary N) is 1. The van der Waals surface area contributed by atoms with Gasteiger partial charge in [-0.25, -0.2) is 0 Å². The Morgan fingerprint density at radius 1 is 1.14 bits per heavy atom. The number of nitriles is 2. The van der Waals surface area contributed by atoms with Crippen molar-refractivity contribution in [1.29, 1.82) is 10.5 Å². The van der Waals surface area contributed by atoms with Crippen molar-refractivity contribution in [2.75, 3.05) is 7.11 Å². The van der Waals surface area contributed by atoms with Gasteiger partial charge in [0.1, 0.15) is 23.2 Å². The number of nitrogens with zero attached hydrogens (tertiary/aromatic N) is 2. The molecule has 0 saturated heterocycles. The molecule has 2 aliphatic rings. The molecule has 5 nitrogen and oxygen atoms in total. The Balaban J connectivity index is 2.11. The predicted octanol–water partition coefficient (Wildman–Crippen LogP) is 2.69. The summed E-state index contributed by atoms with van der Waals surface area (Å²) < 4.78 is 10.7. The van der Waals surface area contributed by atoms with Crippen LogP contribution in [0.15, 0.2) is 47.1 Å². The van der Waals surface area contributed by atoms with E-state index in [1.54, 1.807) is 7.11 Å². The first kappa shape index (κ1) is 14.0. The highest BCUT2D eigenvalue weighted by molar-refractivity contribution is 5.54. The van der Waals surface area contributed by atoms with Crippen molar-refractivity contribution < 1.29 is 9.47 Å². The molecule has 1 aromatic carbocycles. The molecule has 1 saturated carbocycles. The van der Waals surface area contributed by atoms with E-state index in [1.165, 1.54) is 0 Å². The predicted molar refractivity (Wildman–Crippen MR) is 79.0 cm³/mol. The van der Waals surface area contributed by atoms with Crippen LogP contribution in [-0.2, 0) is 4.74 Å². The van der Waals surface area contributed by atoms with Gasteiger partial charge in [-0.15, -0.1) is 0 Å². The Bertz CT molecular complexity index is 744. The molecule has 1 atom stereocenters. The fraction of sp³-hybridized carbons (Fsp3) is 0.294. The maximum atomic E-state index is 9.58. The zero-order chi connectivity index (χ0) is 15.7. The number of allylic oxidation sites excluding steroid dienone is 3. The minimum atomic E-state index is -0.467. The van der Waals surface area contributed by atoms with Crippen LogP contribution in [0.1, 0.15) is 24.3 Å². The number of ether oxygens (including phenoxy) is 2. The molecule has 0 unspecified atom stereocenters. The van der Waals surface area contributed by atoms with Crippen LogP contribution in [0, 0.1) is 28.6 Å². The monoisotopic (exact) mass is 293 g/mol. The van der Waals surface area contributed by atoms with Crippen LogP contribution in [0.2, 0.25) is 0 Å². The standard InChI is InChI=1S/C17H15N3O2/c1-21-12-6-4-10(5-7-12)15-13(8-18)16(11-2-3-11)22-17(20)14(15)9-19/h4-7,11,15H,2-3,20H2,1H3/t15-/m0/s1. The average molecular weight is 293 g/mol. The first-order chi connectivity index (χ1) is 10.7. The van der Waals surface area contributed by atoms with Gasteiger partial charge in [0.2, 0.25) is 5.88 Å². The molecule has 5 heteroatoms. The van der Waals surface area contributed by atoms with Crippen LogP contribution in [0.5, 0.6) is 5.75 Å². The maximum Gasteiger partial charge on any atom is 0.205 e. The van der Waals surface area contributed by atoms with E-state index in [-0.39, 0.29) is 17.4 Å². The van der Waals surface area contributed by atoms with E-state index in [9.17, 15) is 10.5 Å². The SMILES string of the molecule is COc1ccc([C@@H]2C(C#N)=C(N)OC(C3CC3)=C2C#N)cc1. The maximum absolute atomic E-state index is 9.58. The molecule has 1 fully saturated rings. The summed E-state index contributed by atoms with van der Waals surface area (Å²) in [6, 6.07) is 11.6. The largest absolute Gasteiger partial charge is 0.497 e. The number of hydrogen-bond donors (Lipinski definition) is 1. The lowest BCUT2D eigenvalue weighted by molar-refractivity contribution is 0.260. The van der Waals surface area contributed by atoms with Gasteiger partial charge in [0.25, 0.3) is 0 Å². The van der Waals surface area contributed by atoms with E-state index in [2.05, 4.69) is 12.1 Å². The molecule has 0 radical (unpaired) electrons. The van der Waals surface area contributed by atoms with Crippen molar-refractivity contribution in [3.05, 3.63) is 52.6 Å². The van der Waals surface area contributed by atoms with E-state index < -0.39 is 5.92 Å². The van der Waals surface area contributed by atoms with Crippen molar-refractivity contribution >= 4 is 0 Å². The third-order valence-corrected chi connectivity index (χ3v) is 3.97. The molecule has 110 valence electrons. The Labute approximate surface area is 128 Å². The summed E-state index contributed by atoms with van der Waals surface area (Å²) in [5.41, 5.74) is 7.51.